The number of aromatic nitrogens is 1. The van der Waals surface area contributed by atoms with Crippen molar-refractivity contribution >= 4 is 27.3 Å². The summed E-state index contributed by atoms with van der Waals surface area (Å²) in [5, 5.41) is 0. The van der Waals surface area contributed by atoms with E-state index in [1.165, 1.54) is 12.6 Å². The van der Waals surface area contributed by atoms with Crippen molar-refractivity contribution in [3.63, 3.8) is 0 Å². The Bertz CT molecular complexity index is 553. The van der Waals surface area contributed by atoms with Crippen molar-refractivity contribution in [1.29, 1.82) is 0 Å². The van der Waals surface area contributed by atoms with E-state index in [-0.39, 0.29) is 9.90 Å². The van der Waals surface area contributed by atoms with Crippen molar-refractivity contribution in [2.24, 2.45) is 0 Å². The minimum atomic E-state index is -3.73. The van der Waals surface area contributed by atoms with E-state index in [4.69, 9.17) is 0 Å². The molecule has 0 saturated heterocycles. The molecule has 0 aliphatic carbocycles. The van der Waals surface area contributed by atoms with Gasteiger partial charge in [-0.15, -0.1) is 11.3 Å². The predicted octanol–water partition coefficient (Wildman–Crippen LogP) is 0.940. The Morgan fingerprint density at radius 3 is 2.67 bits per heavy atom. The van der Waals surface area contributed by atoms with Crippen LogP contribution in [-0.4, -0.2) is 57.6 Å². The molecule has 0 aliphatic heterocycles. The molecule has 7 nitrogen and oxygen atoms in total. The van der Waals surface area contributed by atoms with E-state index in [1.807, 2.05) is 0 Å². The third-order valence-corrected chi connectivity index (χ3v) is 5.83. The number of esters is 1. The monoisotopic (exact) mass is 335 g/mol. The molecule has 0 aliphatic rings. The first-order valence-electron chi connectivity index (χ1n) is 6.70. The lowest BCUT2D eigenvalue weighted by molar-refractivity contribution is 0.0590. The SMILES string of the molecule is CCN(CC)CCCNS(=O)(=O)c1scnc1C(=O)OC. The molecule has 21 heavy (non-hydrogen) atoms. The largest absolute Gasteiger partial charge is 0.464 e. The Hall–Kier alpha value is -1.03. The Balaban J connectivity index is 2.62. The molecule has 0 bridgehead atoms. The number of hydrogen-bond donors (Lipinski definition) is 1. The van der Waals surface area contributed by atoms with Gasteiger partial charge in [-0.1, -0.05) is 13.8 Å². The van der Waals surface area contributed by atoms with E-state index in [0.29, 0.717) is 13.0 Å². The second-order valence-electron chi connectivity index (χ2n) is 4.26. The lowest BCUT2D eigenvalue weighted by Crippen LogP contribution is -2.30. The van der Waals surface area contributed by atoms with E-state index < -0.39 is 16.0 Å². The molecule has 0 radical (unpaired) electrons. The fourth-order valence-electron chi connectivity index (χ4n) is 1.77. The van der Waals surface area contributed by atoms with Gasteiger partial charge in [-0.2, -0.15) is 0 Å². The summed E-state index contributed by atoms with van der Waals surface area (Å²) in [6.07, 6.45) is 0.702. The molecule has 1 heterocycles. The quantitative estimate of drug-likeness (QED) is 0.534. The first kappa shape index (κ1) is 18.0. The van der Waals surface area contributed by atoms with Crippen molar-refractivity contribution < 1.29 is 17.9 Å². The van der Waals surface area contributed by atoms with E-state index in [9.17, 15) is 13.2 Å². The van der Waals surface area contributed by atoms with E-state index in [1.54, 1.807) is 0 Å². The van der Waals surface area contributed by atoms with Crippen LogP contribution in [0.4, 0.5) is 0 Å². The van der Waals surface area contributed by atoms with E-state index in [0.717, 1.165) is 31.0 Å². The maximum atomic E-state index is 12.2. The third-order valence-electron chi connectivity index (χ3n) is 3.00. The zero-order valence-electron chi connectivity index (χ0n) is 12.5. The number of sulfonamides is 1. The molecule has 1 aromatic rings. The van der Waals surface area contributed by atoms with Gasteiger partial charge in [0.1, 0.15) is 0 Å². The second-order valence-corrected chi connectivity index (χ2v) is 7.08. The third kappa shape index (κ3) is 5.03. The van der Waals surface area contributed by atoms with Crippen LogP contribution in [0.25, 0.3) is 0 Å². The van der Waals surface area contributed by atoms with Gasteiger partial charge >= 0.3 is 5.97 Å². The Morgan fingerprint density at radius 2 is 2.10 bits per heavy atom. The lowest BCUT2D eigenvalue weighted by Gasteiger charge is -2.17. The number of nitrogens with zero attached hydrogens (tertiary/aromatic N) is 2. The average molecular weight is 335 g/mol. The van der Waals surface area contributed by atoms with Gasteiger partial charge in [-0.3, -0.25) is 0 Å². The molecule has 120 valence electrons. The molecule has 1 N–H and O–H groups in total. The van der Waals surface area contributed by atoms with Crippen LogP contribution in [0.1, 0.15) is 30.8 Å². The van der Waals surface area contributed by atoms with Crippen molar-refractivity contribution in [1.82, 2.24) is 14.6 Å². The van der Waals surface area contributed by atoms with Gasteiger partial charge in [0.05, 0.1) is 12.6 Å². The Labute approximate surface area is 129 Å². The number of ether oxygens (including phenoxy) is 1. The van der Waals surface area contributed by atoms with Crippen molar-refractivity contribution in [2.75, 3.05) is 33.3 Å². The first-order valence-corrected chi connectivity index (χ1v) is 9.06. The van der Waals surface area contributed by atoms with Crippen LogP contribution in [0.15, 0.2) is 9.72 Å². The number of methoxy groups -OCH3 is 1. The standard InChI is InChI=1S/C12H21N3O4S2/c1-4-15(5-2)8-6-7-14-21(17,18)12-10(11(16)19-3)13-9-20-12/h9,14H,4-8H2,1-3H3. The zero-order valence-corrected chi connectivity index (χ0v) is 14.1. The smallest absolute Gasteiger partial charge is 0.358 e. The predicted molar refractivity (Wildman–Crippen MR) is 81.0 cm³/mol. The second kappa shape index (κ2) is 8.42. The van der Waals surface area contributed by atoms with Gasteiger partial charge in [0.2, 0.25) is 0 Å². The summed E-state index contributed by atoms with van der Waals surface area (Å²) < 4.78 is 31.2. The highest BCUT2D eigenvalue weighted by Gasteiger charge is 2.26. The number of thiazole rings is 1. The number of nitrogens with one attached hydrogen (secondary N) is 1. The molecule has 0 unspecified atom stereocenters. The summed E-state index contributed by atoms with van der Waals surface area (Å²) in [7, 11) is -2.54. The maximum absolute atomic E-state index is 12.2. The minimum absolute atomic E-state index is 0.0998. The summed E-state index contributed by atoms with van der Waals surface area (Å²) in [6.45, 7) is 7.13. The van der Waals surface area contributed by atoms with Crippen LogP contribution >= 0.6 is 11.3 Å². The summed E-state index contributed by atoms with van der Waals surface area (Å²) >= 11 is 0.901. The number of hydrogen-bond acceptors (Lipinski definition) is 7. The van der Waals surface area contributed by atoms with Crippen LogP contribution < -0.4 is 4.72 Å². The maximum Gasteiger partial charge on any atom is 0.358 e. The van der Waals surface area contributed by atoms with Gasteiger partial charge < -0.3 is 9.64 Å². The minimum Gasteiger partial charge on any atom is -0.464 e. The van der Waals surface area contributed by atoms with Crippen molar-refractivity contribution in [3.05, 3.63) is 11.2 Å². The fourth-order valence-corrected chi connectivity index (χ4v) is 4.02. The fraction of sp³-hybridized carbons (Fsp3) is 0.667. The summed E-state index contributed by atoms with van der Waals surface area (Å²) in [6, 6.07) is 0. The van der Waals surface area contributed by atoms with Crippen LogP contribution in [0, 0.1) is 0 Å². The summed E-state index contributed by atoms with van der Waals surface area (Å²) in [5.74, 6) is -0.750. The van der Waals surface area contributed by atoms with E-state index >= 15 is 0 Å². The molecule has 0 aromatic carbocycles. The molecule has 0 atom stereocenters. The Kier molecular flexibility index (Phi) is 7.23. The molecule has 0 amide bonds. The molecule has 9 heteroatoms. The van der Waals surface area contributed by atoms with Crippen molar-refractivity contribution in [2.45, 2.75) is 24.5 Å². The molecule has 1 aromatic heterocycles. The van der Waals surface area contributed by atoms with Crippen molar-refractivity contribution in [3.8, 4) is 0 Å². The number of rotatable bonds is 9. The van der Waals surface area contributed by atoms with Gasteiger partial charge in [0.25, 0.3) is 10.0 Å². The number of carbonyl (C=O) groups is 1. The molecule has 0 fully saturated rings. The first-order chi connectivity index (χ1) is 9.96. The highest BCUT2D eigenvalue weighted by Crippen LogP contribution is 2.20. The van der Waals surface area contributed by atoms with Gasteiger partial charge in [-0.25, -0.2) is 22.9 Å². The topological polar surface area (TPSA) is 88.6 Å². The molecular formula is C12H21N3O4S2. The highest BCUT2D eigenvalue weighted by molar-refractivity contribution is 7.91. The van der Waals surface area contributed by atoms with Crippen LogP contribution in [0.2, 0.25) is 0 Å². The molecule has 1 rings (SSSR count). The average Bonchev–Trinajstić information content (AvgIpc) is 2.97. The highest BCUT2D eigenvalue weighted by atomic mass is 32.2. The van der Waals surface area contributed by atoms with Crippen LogP contribution in [-0.2, 0) is 14.8 Å². The zero-order chi connectivity index (χ0) is 15.9. The molecular weight excluding hydrogens is 314 g/mol. The summed E-state index contributed by atoms with van der Waals surface area (Å²) in [4.78, 5) is 17.4. The van der Waals surface area contributed by atoms with Gasteiger partial charge in [0, 0.05) is 6.54 Å². The number of carbonyl (C=O) groups excluding carboxylic acids is 1. The van der Waals surface area contributed by atoms with Crippen LogP contribution in [0.3, 0.4) is 0 Å². The normalized spacial score (nSPS) is 11.8. The molecule has 0 spiro atoms. The van der Waals surface area contributed by atoms with E-state index in [2.05, 4.69) is 33.2 Å². The lowest BCUT2D eigenvalue weighted by atomic mass is 10.4. The van der Waals surface area contributed by atoms with Gasteiger partial charge in [0.15, 0.2) is 9.90 Å². The summed E-state index contributed by atoms with van der Waals surface area (Å²) in [5.41, 5.74) is 1.15. The molecule has 0 saturated carbocycles. The van der Waals surface area contributed by atoms with Crippen LogP contribution in [0.5, 0.6) is 0 Å². The van der Waals surface area contributed by atoms with Gasteiger partial charge in [-0.05, 0) is 26.1 Å². The Morgan fingerprint density at radius 1 is 1.43 bits per heavy atom.